The molecule has 1 aliphatic heterocycles. The van der Waals surface area contributed by atoms with Crippen molar-refractivity contribution in [1.82, 2.24) is 9.88 Å². The number of carbonyl (C=O) groups excluding carboxylic acids is 1. The average molecular weight is 413 g/mol. The first kappa shape index (κ1) is 18.9. The van der Waals surface area contributed by atoms with Crippen LogP contribution >= 0.6 is 22.9 Å². The molecule has 0 saturated carbocycles. The van der Waals surface area contributed by atoms with E-state index in [1.807, 2.05) is 53.9 Å². The molecule has 0 bridgehead atoms. The molecule has 3 aromatic rings. The molecule has 1 fully saturated rings. The van der Waals surface area contributed by atoms with Gasteiger partial charge in [0.05, 0.1) is 6.54 Å². The van der Waals surface area contributed by atoms with Gasteiger partial charge in [-0.25, -0.2) is 4.98 Å². The molecule has 4 rings (SSSR count). The van der Waals surface area contributed by atoms with E-state index in [1.165, 1.54) is 17.0 Å². The smallest absolute Gasteiger partial charge is 0.275 e. The van der Waals surface area contributed by atoms with Crippen LogP contribution in [0.25, 0.3) is 0 Å². The van der Waals surface area contributed by atoms with Crippen molar-refractivity contribution in [2.75, 3.05) is 36.4 Å². The lowest BCUT2D eigenvalue weighted by molar-refractivity contribution is 0.102. The molecule has 2 heterocycles. The van der Waals surface area contributed by atoms with Gasteiger partial charge in [0.15, 0.2) is 0 Å². The van der Waals surface area contributed by atoms with E-state index in [4.69, 9.17) is 11.6 Å². The maximum absolute atomic E-state index is 12.3. The highest BCUT2D eigenvalue weighted by atomic mass is 35.5. The minimum Gasteiger partial charge on any atom is -0.369 e. The van der Waals surface area contributed by atoms with Gasteiger partial charge in [-0.3, -0.25) is 9.69 Å². The molecule has 1 amide bonds. The molecule has 0 atom stereocenters. The summed E-state index contributed by atoms with van der Waals surface area (Å²) < 4.78 is 0. The quantitative estimate of drug-likeness (QED) is 0.676. The molecule has 5 nitrogen and oxygen atoms in total. The summed E-state index contributed by atoms with van der Waals surface area (Å²) in [5.74, 6) is -0.167. The number of nitrogens with zero attached hydrogens (tertiary/aromatic N) is 3. The third kappa shape index (κ3) is 4.70. The lowest BCUT2D eigenvalue weighted by atomic mass is 10.2. The first-order valence-corrected chi connectivity index (χ1v) is 10.5. The Morgan fingerprint density at radius 1 is 1.07 bits per heavy atom. The van der Waals surface area contributed by atoms with Crippen molar-refractivity contribution in [2.45, 2.75) is 6.54 Å². The van der Waals surface area contributed by atoms with Gasteiger partial charge in [0.25, 0.3) is 5.91 Å². The fourth-order valence-electron chi connectivity index (χ4n) is 3.23. The second-order valence-electron chi connectivity index (χ2n) is 6.69. The Balaban J connectivity index is 1.30. The van der Waals surface area contributed by atoms with Gasteiger partial charge in [0.2, 0.25) is 0 Å². The minimum atomic E-state index is -0.167. The number of hydrogen-bond acceptors (Lipinski definition) is 5. The van der Waals surface area contributed by atoms with Gasteiger partial charge >= 0.3 is 0 Å². The Hall–Kier alpha value is -2.41. The standard InChI is InChI=1S/C21H21ClN4OS/c22-16-5-4-8-18(13-16)26-11-9-25(10-12-26)14-20-24-19(15-28-20)21(27)23-17-6-2-1-3-7-17/h1-8,13,15H,9-12,14H2,(H,23,27). The number of rotatable bonds is 5. The number of halogens is 1. The third-order valence-electron chi connectivity index (χ3n) is 4.72. The number of carbonyl (C=O) groups is 1. The van der Waals surface area contributed by atoms with E-state index >= 15 is 0 Å². The summed E-state index contributed by atoms with van der Waals surface area (Å²) >= 11 is 7.64. The molecule has 0 aliphatic carbocycles. The van der Waals surface area contributed by atoms with Crippen LogP contribution in [0.3, 0.4) is 0 Å². The fraction of sp³-hybridized carbons (Fsp3) is 0.238. The minimum absolute atomic E-state index is 0.167. The number of anilines is 2. The summed E-state index contributed by atoms with van der Waals surface area (Å²) in [4.78, 5) is 21.6. The van der Waals surface area contributed by atoms with Crippen LogP contribution in [0.15, 0.2) is 60.0 Å². The first-order valence-electron chi connectivity index (χ1n) is 9.21. The number of piperazine rings is 1. The molecule has 0 radical (unpaired) electrons. The van der Waals surface area contributed by atoms with E-state index in [0.717, 1.165) is 48.4 Å². The molecule has 1 aromatic heterocycles. The summed E-state index contributed by atoms with van der Waals surface area (Å²) in [5, 5.41) is 6.44. The van der Waals surface area contributed by atoms with Gasteiger partial charge in [0, 0.05) is 48.0 Å². The number of para-hydroxylation sites is 1. The van der Waals surface area contributed by atoms with Crippen LogP contribution in [-0.2, 0) is 6.54 Å². The Kier molecular flexibility index (Phi) is 5.90. The van der Waals surface area contributed by atoms with E-state index in [9.17, 15) is 4.79 Å². The molecule has 1 aliphatic rings. The molecular formula is C21H21ClN4OS. The number of thiazole rings is 1. The number of aromatic nitrogens is 1. The second-order valence-corrected chi connectivity index (χ2v) is 8.07. The molecular weight excluding hydrogens is 392 g/mol. The van der Waals surface area contributed by atoms with Crippen LogP contribution in [0.1, 0.15) is 15.5 Å². The van der Waals surface area contributed by atoms with Crippen LogP contribution in [0.2, 0.25) is 5.02 Å². The SMILES string of the molecule is O=C(Nc1ccccc1)c1csc(CN2CCN(c3cccc(Cl)c3)CC2)n1. The predicted octanol–water partition coefficient (Wildman–Crippen LogP) is 4.37. The van der Waals surface area contributed by atoms with Gasteiger partial charge in [-0.05, 0) is 30.3 Å². The Morgan fingerprint density at radius 3 is 2.61 bits per heavy atom. The highest BCUT2D eigenvalue weighted by Gasteiger charge is 2.19. The zero-order valence-electron chi connectivity index (χ0n) is 15.3. The van der Waals surface area contributed by atoms with Crippen molar-refractivity contribution in [3.8, 4) is 0 Å². The molecule has 0 unspecified atom stereocenters. The summed E-state index contributed by atoms with van der Waals surface area (Å²) in [6.45, 7) is 4.59. The molecule has 2 aromatic carbocycles. The van der Waals surface area contributed by atoms with E-state index in [-0.39, 0.29) is 5.91 Å². The fourth-order valence-corrected chi connectivity index (χ4v) is 4.23. The number of nitrogens with one attached hydrogen (secondary N) is 1. The van der Waals surface area contributed by atoms with Crippen LogP contribution in [0.4, 0.5) is 11.4 Å². The van der Waals surface area contributed by atoms with E-state index in [2.05, 4.69) is 26.2 Å². The van der Waals surface area contributed by atoms with Gasteiger partial charge in [-0.2, -0.15) is 0 Å². The topological polar surface area (TPSA) is 48.5 Å². The Labute approximate surface area is 173 Å². The van der Waals surface area contributed by atoms with Gasteiger partial charge in [-0.15, -0.1) is 11.3 Å². The zero-order chi connectivity index (χ0) is 19.3. The molecule has 0 spiro atoms. The van der Waals surface area contributed by atoms with Crippen molar-refractivity contribution < 1.29 is 4.79 Å². The van der Waals surface area contributed by atoms with Crippen molar-refractivity contribution >= 4 is 40.2 Å². The number of amides is 1. The average Bonchev–Trinajstić information content (AvgIpc) is 3.18. The lowest BCUT2D eigenvalue weighted by Gasteiger charge is -2.35. The maximum Gasteiger partial charge on any atom is 0.275 e. The number of hydrogen-bond donors (Lipinski definition) is 1. The summed E-state index contributed by atoms with van der Waals surface area (Å²) in [6, 6.07) is 17.4. The first-order chi connectivity index (χ1) is 13.7. The van der Waals surface area contributed by atoms with Crippen LogP contribution < -0.4 is 10.2 Å². The van der Waals surface area contributed by atoms with Crippen molar-refractivity contribution in [2.24, 2.45) is 0 Å². The number of benzene rings is 2. The Bertz CT molecular complexity index is 938. The predicted molar refractivity (Wildman–Crippen MR) is 115 cm³/mol. The maximum atomic E-state index is 12.3. The van der Waals surface area contributed by atoms with Crippen molar-refractivity contribution in [3.63, 3.8) is 0 Å². The van der Waals surface area contributed by atoms with Crippen molar-refractivity contribution in [1.29, 1.82) is 0 Å². The normalized spacial score (nSPS) is 14.8. The van der Waals surface area contributed by atoms with Gasteiger partial charge in [-0.1, -0.05) is 35.9 Å². The highest BCUT2D eigenvalue weighted by molar-refractivity contribution is 7.09. The Morgan fingerprint density at radius 2 is 1.86 bits per heavy atom. The van der Waals surface area contributed by atoms with Crippen LogP contribution in [0.5, 0.6) is 0 Å². The van der Waals surface area contributed by atoms with Crippen molar-refractivity contribution in [3.05, 3.63) is 75.7 Å². The van der Waals surface area contributed by atoms with Crippen LogP contribution in [-0.4, -0.2) is 42.0 Å². The summed E-state index contributed by atoms with van der Waals surface area (Å²) in [7, 11) is 0. The molecule has 7 heteroatoms. The van der Waals surface area contributed by atoms with E-state index in [0.29, 0.717) is 5.69 Å². The van der Waals surface area contributed by atoms with Crippen LogP contribution in [0, 0.1) is 0 Å². The monoisotopic (exact) mass is 412 g/mol. The molecule has 144 valence electrons. The molecule has 1 N–H and O–H groups in total. The second kappa shape index (κ2) is 8.73. The zero-order valence-corrected chi connectivity index (χ0v) is 16.9. The van der Waals surface area contributed by atoms with Gasteiger partial charge < -0.3 is 10.2 Å². The summed E-state index contributed by atoms with van der Waals surface area (Å²) in [6.07, 6.45) is 0. The van der Waals surface area contributed by atoms with E-state index < -0.39 is 0 Å². The lowest BCUT2D eigenvalue weighted by Crippen LogP contribution is -2.45. The molecule has 1 saturated heterocycles. The largest absolute Gasteiger partial charge is 0.369 e. The van der Waals surface area contributed by atoms with E-state index in [1.54, 1.807) is 0 Å². The summed E-state index contributed by atoms with van der Waals surface area (Å²) in [5.41, 5.74) is 2.42. The molecule has 28 heavy (non-hydrogen) atoms. The highest BCUT2D eigenvalue weighted by Crippen LogP contribution is 2.22. The third-order valence-corrected chi connectivity index (χ3v) is 5.79. The van der Waals surface area contributed by atoms with Gasteiger partial charge in [0.1, 0.15) is 10.7 Å².